The molecule has 3 aromatic rings. The smallest absolute Gasteiger partial charge is 0.204 e. The molecule has 0 spiro atoms. The molecule has 1 aromatic heterocycles. The quantitative estimate of drug-likeness (QED) is 0.512. The number of fused-ring (bicyclic) bond motifs is 1. The van der Waals surface area contributed by atoms with E-state index in [1.165, 1.54) is 0 Å². The number of hydrazone groups is 1. The first-order valence-corrected chi connectivity index (χ1v) is 8.38. The molecule has 5 nitrogen and oxygen atoms in total. The maximum absolute atomic E-state index is 5.36. The van der Waals surface area contributed by atoms with Crippen molar-refractivity contribution in [3.05, 3.63) is 46.4 Å². The molecule has 0 saturated heterocycles. The number of hydrogen-bond donors (Lipinski definition) is 1. The minimum Gasteiger partial charge on any atom is -0.496 e. The molecule has 3 rings (SSSR count). The van der Waals surface area contributed by atoms with Crippen LogP contribution in [0.25, 0.3) is 10.2 Å². The van der Waals surface area contributed by atoms with E-state index in [2.05, 4.69) is 31.4 Å². The first-order chi connectivity index (χ1) is 11.2. The topological polar surface area (TPSA) is 55.7 Å². The lowest BCUT2D eigenvalue weighted by atomic mass is 10.2. The Labute approximate surface area is 146 Å². The van der Waals surface area contributed by atoms with Crippen molar-refractivity contribution < 1.29 is 9.47 Å². The van der Waals surface area contributed by atoms with Crippen LogP contribution in [0.1, 0.15) is 5.56 Å². The van der Waals surface area contributed by atoms with E-state index < -0.39 is 0 Å². The van der Waals surface area contributed by atoms with Gasteiger partial charge >= 0.3 is 0 Å². The van der Waals surface area contributed by atoms with Gasteiger partial charge in [-0.25, -0.2) is 4.98 Å². The molecule has 7 heteroatoms. The average Bonchev–Trinajstić information content (AvgIpc) is 2.98. The van der Waals surface area contributed by atoms with Crippen LogP contribution in [0.2, 0.25) is 0 Å². The molecule has 118 valence electrons. The summed E-state index contributed by atoms with van der Waals surface area (Å²) in [4.78, 5) is 4.46. The number of anilines is 1. The number of benzene rings is 2. The lowest BCUT2D eigenvalue weighted by Gasteiger charge is -2.09. The molecular weight excluding hydrogens is 378 g/mol. The summed E-state index contributed by atoms with van der Waals surface area (Å²) in [6.45, 7) is 0. The Balaban J connectivity index is 1.81. The van der Waals surface area contributed by atoms with Crippen LogP contribution in [0.3, 0.4) is 0 Å². The van der Waals surface area contributed by atoms with E-state index in [1.807, 2.05) is 36.4 Å². The number of para-hydroxylation sites is 1. The van der Waals surface area contributed by atoms with Crippen molar-refractivity contribution in [2.24, 2.45) is 5.10 Å². The van der Waals surface area contributed by atoms with E-state index in [4.69, 9.17) is 9.47 Å². The van der Waals surface area contributed by atoms with Crippen molar-refractivity contribution in [1.82, 2.24) is 4.98 Å². The number of methoxy groups -OCH3 is 2. The SMILES string of the molecule is COc1cc(OC)c(/C=N\Nc2nc3ccccc3s2)cc1Br. The van der Waals surface area contributed by atoms with E-state index in [-0.39, 0.29) is 0 Å². The van der Waals surface area contributed by atoms with Crippen LogP contribution in [-0.2, 0) is 0 Å². The van der Waals surface area contributed by atoms with Gasteiger partial charge in [0.2, 0.25) is 5.13 Å². The second kappa shape index (κ2) is 6.97. The normalized spacial score (nSPS) is 11.1. The Hall–Kier alpha value is -2.12. The summed E-state index contributed by atoms with van der Waals surface area (Å²) in [7, 11) is 3.23. The molecule has 0 unspecified atom stereocenters. The molecule has 0 bridgehead atoms. The third kappa shape index (κ3) is 3.46. The highest BCUT2D eigenvalue weighted by Crippen LogP contribution is 2.32. The van der Waals surface area contributed by atoms with Crippen molar-refractivity contribution >= 4 is 48.8 Å². The largest absolute Gasteiger partial charge is 0.496 e. The van der Waals surface area contributed by atoms with Crippen molar-refractivity contribution in [2.45, 2.75) is 0 Å². The number of rotatable bonds is 5. The van der Waals surface area contributed by atoms with Gasteiger partial charge in [-0.1, -0.05) is 23.5 Å². The zero-order chi connectivity index (χ0) is 16.2. The summed E-state index contributed by atoms with van der Waals surface area (Å²) in [5.41, 5.74) is 4.74. The standard InChI is InChI=1S/C16H14BrN3O2S/c1-21-13-8-14(22-2)11(17)7-10(13)9-18-20-16-19-12-5-3-4-6-15(12)23-16/h3-9H,1-2H3,(H,19,20)/b18-9-. The van der Waals surface area contributed by atoms with Gasteiger partial charge in [-0.2, -0.15) is 5.10 Å². The number of ether oxygens (including phenoxy) is 2. The van der Waals surface area contributed by atoms with E-state index in [0.717, 1.165) is 25.4 Å². The predicted molar refractivity (Wildman–Crippen MR) is 98.1 cm³/mol. The van der Waals surface area contributed by atoms with Crippen LogP contribution in [0.5, 0.6) is 11.5 Å². The highest BCUT2D eigenvalue weighted by atomic mass is 79.9. The van der Waals surface area contributed by atoms with E-state index >= 15 is 0 Å². The summed E-state index contributed by atoms with van der Waals surface area (Å²) < 4.78 is 12.6. The Morgan fingerprint density at radius 2 is 1.96 bits per heavy atom. The number of halogens is 1. The van der Waals surface area contributed by atoms with Gasteiger partial charge in [0.05, 0.1) is 35.1 Å². The van der Waals surface area contributed by atoms with Crippen molar-refractivity contribution in [2.75, 3.05) is 19.6 Å². The summed E-state index contributed by atoms with van der Waals surface area (Å²) >= 11 is 5.01. The molecule has 0 radical (unpaired) electrons. The van der Waals surface area contributed by atoms with Crippen LogP contribution in [0.15, 0.2) is 46.0 Å². The van der Waals surface area contributed by atoms with Gasteiger partial charge in [-0.3, -0.25) is 5.43 Å². The Bertz CT molecular complexity index is 831. The predicted octanol–water partition coefficient (Wildman–Crippen LogP) is 4.52. The summed E-state index contributed by atoms with van der Waals surface area (Å²) in [6.07, 6.45) is 1.69. The van der Waals surface area contributed by atoms with Gasteiger partial charge in [0, 0.05) is 11.6 Å². The highest BCUT2D eigenvalue weighted by molar-refractivity contribution is 9.10. The van der Waals surface area contributed by atoms with Crippen LogP contribution < -0.4 is 14.9 Å². The minimum absolute atomic E-state index is 0.680. The first kappa shape index (κ1) is 15.8. The molecule has 0 aliphatic carbocycles. The lowest BCUT2D eigenvalue weighted by molar-refractivity contribution is 0.392. The zero-order valence-corrected chi connectivity index (χ0v) is 14.9. The summed E-state index contributed by atoms with van der Waals surface area (Å²) in [5, 5.41) is 4.99. The van der Waals surface area contributed by atoms with E-state index in [0.29, 0.717) is 11.5 Å². The Morgan fingerprint density at radius 3 is 2.70 bits per heavy atom. The number of hydrogen-bond acceptors (Lipinski definition) is 6. The second-order valence-electron chi connectivity index (χ2n) is 4.59. The monoisotopic (exact) mass is 391 g/mol. The summed E-state index contributed by atoms with van der Waals surface area (Å²) in [6, 6.07) is 11.7. The van der Waals surface area contributed by atoms with Gasteiger partial charge in [0.1, 0.15) is 11.5 Å². The van der Waals surface area contributed by atoms with E-state index in [1.54, 1.807) is 31.8 Å². The van der Waals surface area contributed by atoms with Gasteiger partial charge in [-0.05, 0) is 34.1 Å². The fourth-order valence-electron chi connectivity index (χ4n) is 2.06. The van der Waals surface area contributed by atoms with Crippen LogP contribution in [-0.4, -0.2) is 25.4 Å². The van der Waals surface area contributed by atoms with Gasteiger partial charge < -0.3 is 9.47 Å². The first-order valence-electron chi connectivity index (χ1n) is 6.77. The third-order valence-corrected chi connectivity index (χ3v) is 4.72. The van der Waals surface area contributed by atoms with Crippen molar-refractivity contribution in [1.29, 1.82) is 0 Å². The van der Waals surface area contributed by atoms with Gasteiger partial charge in [0.15, 0.2) is 0 Å². The molecule has 0 saturated carbocycles. The van der Waals surface area contributed by atoms with Gasteiger partial charge in [-0.15, -0.1) is 0 Å². The average molecular weight is 392 g/mol. The molecule has 0 amide bonds. The number of aromatic nitrogens is 1. The number of nitrogens with one attached hydrogen (secondary N) is 1. The fraction of sp³-hybridized carbons (Fsp3) is 0.125. The molecule has 0 aliphatic heterocycles. The molecule has 1 N–H and O–H groups in total. The Kier molecular flexibility index (Phi) is 4.78. The zero-order valence-electron chi connectivity index (χ0n) is 12.5. The third-order valence-electron chi connectivity index (χ3n) is 3.16. The van der Waals surface area contributed by atoms with Crippen LogP contribution in [0, 0.1) is 0 Å². The summed E-state index contributed by atoms with van der Waals surface area (Å²) in [5.74, 6) is 1.39. The number of thiazole rings is 1. The van der Waals surface area contributed by atoms with E-state index in [9.17, 15) is 0 Å². The second-order valence-corrected chi connectivity index (χ2v) is 6.47. The Morgan fingerprint density at radius 1 is 1.17 bits per heavy atom. The molecule has 23 heavy (non-hydrogen) atoms. The molecule has 1 heterocycles. The molecule has 0 fully saturated rings. The van der Waals surface area contributed by atoms with Crippen molar-refractivity contribution in [3.8, 4) is 11.5 Å². The van der Waals surface area contributed by atoms with Crippen LogP contribution in [0.4, 0.5) is 5.13 Å². The van der Waals surface area contributed by atoms with Crippen LogP contribution >= 0.6 is 27.3 Å². The highest BCUT2D eigenvalue weighted by Gasteiger charge is 2.08. The maximum atomic E-state index is 5.36. The molecule has 0 atom stereocenters. The molecular formula is C16H14BrN3O2S. The van der Waals surface area contributed by atoms with Gasteiger partial charge in [0.25, 0.3) is 0 Å². The lowest BCUT2D eigenvalue weighted by Crippen LogP contribution is -1.96. The maximum Gasteiger partial charge on any atom is 0.204 e. The molecule has 2 aromatic carbocycles. The minimum atomic E-state index is 0.680. The molecule has 0 aliphatic rings. The fourth-order valence-corrected chi connectivity index (χ4v) is 3.40. The van der Waals surface area contributed by atoms with Crippen molar-refractivity contribution in [3.63, 3.8) is 0 Å². The number of nitrogens with zero attached hydrogens (tertiary/aromatic N) is 2.